The predicted octanol–water partition coefficient (Wildman–Crippen LogP) is 6.08. The number of carbonyl (C=O) groups is 3. The summed E-state index contributed by atoms with van der Waals surface area (Å²) in [4.78, 5) is 46.1. The van der Waals surface area contributed by atoms with E-state index >= 15 is 0 Å². The number of urea groups is 1. The molecule has 3 aromatic carbocycles. The quantitative estimate of drug-likeness (QED) is 0.236. The molecule has 272 valence electrons. The van der Waals surface area contributed by atoms with Gasteiger partial charge in [-0.2, -0.15) is 0 Å². The zero-order chi connectivity index (χ0) is 36.2. The molecule has 0 radical (unpaired) electrons. The average Bonchev–Trinajstić information content (AvgIpc) is 3.09. The summed E-state index contributed by atoms with van der Waals surface area (Å²) in [6.45, 7) is 7.58. The molecule has 3 N–H and O–H groups in total. The predicted molar refractivity (Wildman–Crippen MR) is 199 cm³/mol. The zero-order valence-corrected chi connectivity index (χ0v) is 30.5. The van der Waals surface area contributed by atoms with Gasteiger partial charge in [0.25, 0.3) is 5.91 Å². The molecule has 0 spiro atoms. The van der Waals surface area contributed by atoms with Crippen LogP contribution in [0.4, 0.5) is 16.2 Å². The Hall–Kier alpha value is -4.19. The van der Waals surface area contributed by atoms with E-state index in [0.717, 1.165) is 43.0 Å². The molecule has 4 atom stereocenters. The minimum atomic E-state index is -0.513. The molecular formula is C39H55N5O6. The summed E-state index contributed by atoms with van der Waals surface area (Å²) >= 11 is 0. The van der Waals surface area contributed by atoms with E-state index in [1.807, 2.05) is 70.4 Å². The van der Waals surface area contributed by atoms with Crippen LogP contribution in [-0.2, 0) is 9.53 Å². The first kappa shape index (κ1) is 38.6. The van der Waals surface area contributed by atoms with Crippen molar-refractivity contribution < 1.29 is 29.0 Å². The summed E-state index contributed by atoms with van der Waals surface area (Å²) in [6.07, 6.45) is 3.18. The molecule has 50 heavy (non-hydrogen) atoms. The van der Waals surface area contributed by atoms with Crippen LogP contribution >= 0.6 is 0 Å². The van der Waals surface area contributed by atoms with Gasteiger partial charge in [-0.15, -0.1) is 0 Å². The first-order chi connectivity index (χ1) is 24.0. The second-order valence-electron chi connectivity index (χ2n) is 13.8. The van der Waals surface area contributed by atoms with Crippen LogP contribution < -0.4 is 15.4 Å². The van der Waals surface area contributed by atoms with Gasteiger partial charge in [-0.25, -0.2) is 4.79 Å². The minimum Gasteiger partial charge on any atom is -0.490 e. The highest BCUT2D eigenvalue weighted by Crippen LogP contribution is 2.29. The smallest absolute Gasteiger partial charge is 0.323 e. The number of hydrogen-bond donors (Lipinski definition) is 3. The molecule has 0 fully saturated rings. The number of anilines is 2. The number of ether oxygens (including phenoxy) is 2. The van der Waals surface area contributed by atoms with E-state index in [-0.39, 0.29) is 48.7 Å². The fourth-order valence-electron chi connectivity index (χ4n) is 6.19. The van der Waals surface area contributed by atoms with Gasteiger partial charge in [0.1, 0.15) is 5.75 Å². The van der Waals surface area contributed by atoms with Gasteiger partial charge in [0.05, 0.1) is 36.1 Å². The van der Waals surface area contributed by atoms with Gasteiger partial charge in [0, 0.05) is 50.2 Å². The second kappa shape index (κ2) is 18.7. The highest BCUT2D eigenvalue weighted by atomic mass is 16.5. The molecule has 1 aliphatic heterocycles. The Morgan fingerprint density at radius 1 is 1.02 bits per heavy atom. The largest absolute Gasteiger partial charge is 0.490 e. The fourth-order valence-corrected chi connectivity index (χ4v) is 6.19. The third kappa shape index (κ3) is 10.9. The Balaban J connectivity index is 1.58. The van der Waals surface area contributed by atoms with Crippen molar-refractivity contribution >= 4 is 40.0 Å². The summed E-state index contributed by atoms with van der Waals surface area (Å²) in [5.41, 5.74) is 1.38. The number of likely N-dealkylation sites (N-methyl/N-ethyl adjacent to an activating group) is 1. The van der Waals surface area contributed by atoms with E-state index < -0.39 is 12.1 Å². The summed E-state index contributed by atoms with van der Waals surface area (Å²) in [5.74, 6) is -0.0204. The number of nitrogens with one attached hydrogen (secondary N) is 2. The maximum Gasteiger partial charge on any atom is 0.323 e. The first-order valence-corrected chi connectivity index (χ1v) is 17.7. The van der Waals surface area contributed by atoms with Crippen molar-refractivity contribution in [2.24, 2.45) is 5.92 Å². The van der Waals surface area contributed by atoms with Gasteiger partial charge in [-0.1, -0.05) is 43.3 Å². The van der Waals surface area contributed by atoms with Crippen LogP contribution in [0, 0.1) is 5.92 Å². The highest BCUT2D eigenvalue weighted by Gasteiger charge is 2.31. The van der Waals surface area contributed by atoms with Crippen molar-refractivity contribution in [1.29, 1.82) is 0 Å². The van der Waals surface area contributed by atoms with Gasteiger partial charge in [-0.05, 0) is 89.8 Å². The lowest BCUT2D eigenvalue weighted by Gasteiger charge is -2.36. The van der Waals surface area contributed by atoms with Crippen molar-refractivity contribution in [3.8, 4) is 5.75 Å². The van der Waals surface area contributed by atoms with Crippen LogP contribution in [0.1, 0.15) is 63.2 Å². The van der Waals surface area contributed by atoms with E-state index in [2.05, 4.69) is 15.5 Å². The molecule has 0 unspecified atom stereocenters. The van der Waals surface area contributed by atoms with Crippen molar-refractivity contribution in [2.45, 2.75) is 71.1 Å². The maximum atomic E-state index is 14.4. The third-order valence-electron chi connectivity index (χ3n) is 9.22. The molecule has 3 aromatic rings. The first-order valence-electron chi connectivity index (χ1n) is 17.7. The topological polar surface area (TPSA) is 124 Å². The van der Waals surface area contributed by atoms with E-state index in [9.17, 15) is 19.5 Å². The monoisotopic (exact) mass is 689 g/mol. The lowest BCUT2D eigenvalue weighted by molar-refractivity contribution is -0.132. The number of rotatable bonds is 10. The number of fused-ring (bicyclic) bond motifs is 2. The summed E-state index contributed by atoms with van der Waals surface area (Å²) in [5, 5.41) is 18.0. The zero-order valence-electron chi connectivity index (χ0n) is 30.5. The van der Waals surface area contributed by atoms with Crippen LogP contribution in [0.25, 0.3) is 10.8 Å². The second-order valence-corrected chi connectivity index (χ2v) is 13.8. The van der Waals surface area contributed by atoms with Crippen LogP contribution in [0.5, 0.6) is 5.75 Å². The molecule has 0 bridgehead atoms. The van der Waals surface area contributed by atoms with Gasteiger partial charge in [0.15, 0.2) is 0 Å². The van der Waals surface area contributed by atoms with Gasteiger partial charge in [0.2, 0.25) is 5.91 Å². The SMILES string of the molecule is C[C@@H]1CCCCO[C@H](CN(C)C(=O)CCCN(C)C)[C@@H](C)CN([C@H](C)CO)C(=O)c2cc(NC(=O)Nc3cccc4ccccc34)ccc2O1. The molecule has 4 rings (SSSR count). The molecule has 1 heterocycles. The van der Waals surface area contributed by atoms with E-state index in [1.165, 1.54) is 0 Å². The van der Waals surface area contributed by atoms with Gasteiger partial charge >= 0.3 is 6.03 Å². The summed E-state index contributed by atoms with van der Waals surface area (Å²) in [6, 6.07) is 17.6. The number of aliphatic hydroxyl groups is 1. The average molecular weight is 690 g/mol. The van der Waals surface area contributed by atoms with E-state index in [1.54, 1.807) is 42.0 Å². The molecule has 1 aliphatic rings. The molecular weight excluding hydrogens is 634 g/mol. The van der Waals surface area contributed by atoms with Crippen LogP contribution in [-0.4, -0.2) is 110 Å². The van der Waals surface area contributed by atoms with Crippen molar-refractivity contribution in [3.63, 3.8) is 0 Å². The summed E-state index contributed by atoms with van der Waals surface area (Å²) < 4.78 is 12.7. The lowest BCUT2D eigenvalue weighted by Crippen LogP contribution is -2.48. The Morgan fingerprint density at radius 2 is 1.78 bits per heavy atom. The standard InChI is InChI=1S/C39H55N5O6/c1-27-24-44(28(2)26-45)38(47)33-23-31(40-39(48)41-34-17-11-15-30-14-7-8-16-32(30)34)19-20-35(33)50-29(3)13-9-10-22-49-36(27)25-43(6)37(46)18-12-21-42(4)5/h7-8,11,14-17,19-20,23,27-29,36,45H,9-10,12-13,18,21-22,24-26H2,1-6H3,(H2,40,41,48)/t27-,28+,29+,36+/m0/s1. The Morgan fingerprint density at radius 3 is 2.54 bits per heavy atom. The lowest BCUT2D eigenvalue weighted by atomic mass is 10.0. The Bertz CT molecular complexity index is 1580. The fraction of sp³-hybridized carbons (Fsp3) is 0.513. The molecule has 4 amide bonds. The molecule has 0 saturated heterocycles. The van der Waals surface area contributed by atoms with E-state index in [0.29, 0.717) is 36.7 Å². The van der Waals surface area contributed by atoms with Crippen molar-refractivity contribution in [2.75, 3.05) is 64.6 Å². The number of aliphatic hydroxyl groups excluding tert-OH is 1. The molecule has 0 saturated carbocycles. The van der Waals surface area contributed by atoms with E-state index in [4.69, 9.17) is 9.47 Å². The normalized spacial score (nSPS) is 19.6. The number of hydrogen-bond acceptors (Lipinski definition) is 7. The van der Waals surface area contributed by atoms with Crippen LogP contribution in [0.15, 0.2) is 60.7 Å². The Kier molecular flexibility index (Phi) is 14.4. The van der Waals surface area contributed by atoms with Gasteiger partial charge < -0.3 is 39.9 Å². The van der Waals surface area contributed by atoms with Gasteiger partial charge in [-0.3, -0.25) is 9.59 Å². The van der Waals surface area contributed by atoms with Crippen molar-refractivity contribution in [3.05, 3.63) is 66.2 Å². The van der Waals surface area contributed by atoms with Crippen LogP contribution in [0.3, 0.4) is 0 Å². The molecule has 11 nitrogen and oxygen atoms in total. The summed E-state index contributed by atoms with van der Waals surface area (Å²) in [7, 11) is 5.79. The molecule has 11 heteroatoms. The van der Waals surface area contributed by atoms with Crippen LogP contribution in [0.2, 0.25) is 0 Å². The number of carbonyl (C=O) groups excluding carboxylic acids is 3. The number of amides is 4. The maximum absolute atomic E-state index is 14.4. The number of benzene rings is 3. The minimum absolute atomic E-state index is 0.0585. The van der Waals surface area contributed by atoms with Crippen molar-refractivity contribution in [1.82, 2.24) is 14.7 Å². The molecule has 0 aromatic heterocycles. The highest BCUT2D eigenvalue weighted by molar-refractivity contribution is 6.07. The molecule has 0 aliphatic carbocycles. The number of nitrogens with zero attached hydrogens (tertiary/aromatic N) is 3. The Labute approximate surface area is 296 Å². The third-order valence-corrected chi connectivity index (χ3v) is 9.22.